The van der Waals surface area contributed by atoms with Crippen molar-refractivity contribution in [1.82, 2.24) is 0 Å². The van der Waals surface area contributed by atoms with Gasteiger partial charge in [-0.05, 0) is 26.0 Å². The molecule has 0 fully saturated rings. The van der Waals surface area contributed by atoms with Gasteiger partial charge in [0.25, 0.3) is 0 Å². The van der Waals surface area contributed by atoms with E-state index in [-0.39, 0.29) is 4.94 Å². The molecule has 0 bridgehead atoms. The van der Waals surface area contributed by atoms with Crippen molar-refractivity contribution in [3.05, 3.63) is 68.0 Å². The van der Waals surface area contributed by atoms with Crippen LogP contribution in [0.25, 0.3) is 41.9 Å². The van der Waals surface area contributed by atoms with Crippen LogP contribution in [0.15, 0.2) is 57.7 Å². The molecule has 0 atom stereocenters. The van der Waals surface area contributed by atoms with E-state index >= 15 is 0 Å². The van der Waals surface area contributed by atoms with Gasteiger partial charge in [0.1, 0.15) is 0 Å². The van der Waals surface area contributed by atoms with E-state index in [2.05, 4.69) is 44.2 Å². The maximum absolute atomic E-state index is 12.3. The van der Waals surface area contributed by atoms with Gasteiger partial charge in [0.2, 0.25) is 0 Å². The number of hydrogen-bond acceptors (Lipinski definition) is 5. The molecule has 0 aliphatic rings. The maximum atomic E-state index is 12.3. The van der Waals surface area contributed by atoms with E-state index in [4.69, 9.17) is 4.42 Å². The Morgan fingerprint density at radius 2 is 1.27 bits per heavy atom. The number of thiophene rings is 2. The summed E-state index contributed by atoms with van der Waals surface area (Å²) in [4.78, 5) is 15.3. The van der Waals surface area contributed by atoms with Crippen LogP contribution in [0.3, 0.4) is 0 Å². The van der Waals surface area contributed by atoms with Crippen molar-refractivity contribution in [2.75, 3.05) is 0 Å². The fourth-order valence-electron chi connectivity index (χ4n) is 3.51. The molecule has 0 amide bonds. The molecule has 5 rings (SSSR count). The van der Waals surface area contributed by atoms with Gasteiger partial charge in [-0.2, -0.15) is 0 Å². The zero-order chi connectivity index (χ0) is 17.8. The molecule has 0 saturated carbocycles. The highest BCUT2D eigenvalue weighted by atomic mass is 32.1. The molecule has 0 aliphatic carbocycles. The number of fused-ring (bicyclic) bond motifs is 2. The van der Waals surface area contributed by atoms with Crippen LogP contribution in [-0.2, 0) is 0 Å². The van der Waals surface area contributed by atoms with Crippen molar-refractivity contribution in [3.8, 4) is 21.8 Å². The lowest BCUT2D eigenvalue weighted by atomic mass is 10.0. The van der Waals surface area contributed by atoms with Gasteiger partial charge >= 0.3 is 4.94 Å². The normalized spacial score (nSPS) is 11.6. The number of rotatable bonds is 2. The van der Waals surface area contributed by atoms with Crippen LogP contribution in [-0.4, -0.2) is 0 Å². The minimum absolute atomic E-state index is 0.251. The van der Waals surface area contributed by atoms with Gasteiger partial charge in [0.05, 0.1) is 4.88 Å². The van der Waals surface area contributed by atoms with Crippen molar-refractivity contribution in [2.45, 2.75) is 13.8 Å². The lowest BCUT2D eigenvalue weighted by Gasteiger charge is -2.03. The van der Waals surface area contributed by atoms with Gasteiger partial charge in [-0.1, -0.05) is 47.7 Å². The van der Waals surface area contributed by atoms with Crippen LogP contribution in [0, 0.1) is 13.8 Å². The lowest BCUT2D eigenvalue weighted by molar-refractivity contribution is 0.553. The number of aryl methyl sites for hydroxylation is 2. The Morgan fingerprint density at radius 1 is 0.731 bits per heavy atom. The molecule has 0 aliphatic heterocycles. The SMILES string of the molecule is Cc1sc2ccccc2c1-c1oc(=O)sc1-c1c(C)sc2ccccc12. The summed E-state index contributed by atoms with van der Waals surface area (Å²) in [5.41, 5.74) is 2.18. The Morgan fingerprint density at radius 3 is 1.92 bits per heavy atom. The topological polar surface area (TPSA) is 30.2 Å². The quantitative estimate of drug-likeness (QED) is 0.320. The Kier molecular flexibility index (Phi) is 3.64. The van der Waals surface area contributed by atoms with E-state index in [1.54, 1.807) is 22.7 Å². The standard InChI is InChI=1S/C21H14O2S3/c1-11-17(13-7-3-5-9-15(13)24-11)19-20(26-21(22)23-19)18-12(2)25-16-10-6-4-8-14(16)18/h3-10H,1-2H3. The molecule has 0 radical (unpaired) electrons. The molecule has 2 aromatic carbocycles. The summed E-state index contributed by atoms with van der Waals surface area (Å²) in [5, 5.41) is 2.33. The monoisotopic (exact) mass is 394 g/mol. The average Bonchev–Trinajstić information content (AvgIpc) is 3.25. The molecule has 0 spiro atoms. The molecule has 3 aromatic heterocycles. The Balaban J connectivity index is 1.87. The van der Waals surface area contributed by atoms with Gasteiger partial charge in [0, 0.05) is 41.1 Å². The number of hydrogen-bond donors (Lipinski definition) is 0. The molecule has 0 saturated heterocycles. The minimum atomic E-state index is -0.251. The second-order valence-electron chi connectivity index (χ2n) is 6.17. The summed E-state index contributed by atoms with van der Waals surface area (Å²) in [7, 11) is 0. The average molecular weight is 395 g/mol. The zero-order valence-electron chi connectivity index (χ0n) is 14.2. The van der Waals surface area contributed by atoms with Crippen molar-refractivity contribution >= 4 is 54.2 Å². The summed E-state index contributed by atoms with van der Waals surface area (Å²) in [5.74, 6) is 0.710. The Labute approximate surface area is 162 Å². The molecule has 5 heteroatoms. The highest BCUT2D eigenvalue weighted by Gasteiger charge is 2.24. The van der Waals surface area contributed by atoms with Crippen LogP contribution in [0.4, 0.5) is 0 Å². The summed E-state index contributed by atoms with van der Waals surface area (Å²) in [6, 6.07) is 16.7. The largest absolute Gasteiger partial charge is 0.413 e. The molecule has 0 unspecified atom stereocenters. The van der Waals surface area contributed by atoms with Gasteiger partial charge < -0.3 is 4.42 Å². The van der Waals surface area contributed by atoms with E-state index in [0.29, 0.717) is 5.76 Å². The summed E-state index contributed by atoms with van der Waals surface area (Å²) < 4.78 is 8.20. The lowest BCUT2D eigenvalue weighted by Crippen LogP contribution is -1.83. The van der Waals surface area contributed by atoms with Crippen LogP contribution in [0.1, 0.15) is 9.75 Å². The van der Waals surface area contributed by atoms with Crippen molar-refractivity contribution < 1.29 is 4.42 Å². The van der Waals surface area contributed by atoms with E-state index in [0.717, 1.165) is 21.4 Å². The second-order valence-corrected chi connectivity index (χ2v) is 9.63. The highest BCUT2D eigenvalue weighted by Crippen LogP contribution is 2.47. The van der Waals surface area contributed by atoms with Crippen molar-refractivity contribution in [3.63, 3.8) is 0 Å². The summed E-state index contributed by atoms with van der Waals surface area (Å²) in [6.45, 7) is 4.21. The molecule has 0 N–H and O–H groups in total. The van der Waals surface area contributed by atoms with E-state index in [1.165, 1.54) is 35.9 Å². The fraction of sp³-hybridized carbons (Fsp3) is 0.0952. The predicted molar refractivity (Wildman–Crippen MR) is 114 cm³/mol. The zero-order valence-corrected chi connectivity index (χ0v) is 16.6. The first-order valence-corrected chi connectivity index (χ1v) is 10.7. The first kappa shape index (κ1) is 16.0. The van der Waals surface area contributed by atoms with E-state index < -0.39 is 0 Å². The van der Waals surface area contributed by atoms with Gasteiger partial charge in [-0.25, -0.2) is 4.79 Å². The van der Waals surface area contributed by atoms with Crippen molar-refractivity contribution in [2.24, 2.45) is 0 Å². The molecule has 26 heavy (non-hydrogen) atoms. The summed E-state index contributed by atoms with van der Waals surface area (Å²) in [6.07, 6.45) is 0. The van der Waals surface area contributed by atoms with E-state index in [1.807, 2.05) is 18.2 Å². The number of benzene rings is 2. The Bertz CT molecular complexity index is 1230. The molecular formula is C21H14O2S3. The molecule has 5 aromatic rings. The highest BCUT2D eigenvalue weighted by molar-refractivity contribution is 7.21. The summed E-state index contributed by atoms with van der Waals surface area (Å²) >= 11 is 4.71. The van der Waals surface area contributed by atoms with Crippen molar-refractivity contribution in [1.29, 1.82) is 0 Å². The second kappa shape index (κ2) is 5.91. The van der Waals surface area contributed by atoms with Crippen LogP contribution in [0.5, 0.6) is 0 Å². The minimum Gasteiger partial charge on any atom is -0.413 e. The van der Waals surface area contributed by atoms with Crippen LogP contribution < -0.4 is 4.94 Å². The molecule has 2 nitrogen and oxygen atoms in total. The van der Waals surface area contributed by atoms with Crippen LogP contribution >= 0.6 is 34.0 Å². The first-order valence-electron chi connectivity index (χ1n) is 8.24. The molecule has 128 valence electrons. The molecular weight excluding hydrogens is 380 g/mol. The third kappa shape index (κ3) is 2.31. The Hall–Kier alpha value is -2.21. The first-order chi connectivity index (χ1) is 12.6. The van der Waals surface area contributed by atoms with Gasteiger partial charge in [-0.15, -0.1) is 22.7 Å². The fourth-order valence-corrected chi connectivity index (χ4v) is 6.60. The van der Waals surface area contributed by atoms with Gasteiger partial charge in [-0.3, -0.25) is 0 Å². The molecule has 3 heterocycles. The van der Waals surface area contributed by atoms with Crippen LogP contribution in [0.2, 0.25) is 0 Å². The third-order valence-corrected chi connectivity index (χ3v) is 7.59. The maximum Gasteiger partial charge on any atom is 0.396 e. The predicted octanol–water partition coefficient (Wildman–Crippen LogP) is 7.08. The third-order valence-electron chi connectivity index (χ3n) is 4.57. The smallest absolute Gasteiger partial charge is 0.396 e. The van der Waals surface area contributed by atoms with Gasteiger partial charge in [0.15, 0.2) is 5.76 Å². The van der Waals surface area contributed by atoms with E-state index in [9.17, 15) is 4.79 Å².